The van der Waals surface area contributed by atoms with E-state index >= 15 is 0 Å². The maximum absolute atomic E-state index is 12.4. The lowest BCUT2D eigenvalue weighted by molar-refractivity contribution is -0.118. The molecule has 132 valence electrons. The van der Waals surface area contributed by atoms with Crippen molar-refractivity contribution in [3.63, 3.8) is 0 Å². The van der Waals surface area contributed by atoms with Crippen molar-refractivity contribution < 1.29 is 14.3 Å². The fourth-order valence-electron chi connectivity index (χ4n) is 2.72. The lowest BCUT2D eigenvalue weighted by atomic mass is 9.92. The van der Waals surface area contributed by atoms with Crippen LogP contribution < -0.4 is 10.1 Å². The summed E-state index contributed by atoms with van der Waals surface area (Å²) in [6.07, 6.45) is 0.720. The van der Waals surface area contributed by atoms with Crippen molar-refractivity contribution in [2.75, 3.05) is 11.9 Å². The molecular weight excluding hydrogens is 314 g/mol. The number of para-hydroxylation sites is 2. The van der Waals surface area contributed by atoms with E-state index in [0.717, 1.165) is 23.1 Å². The minimum atomic E-state index is -0.240. The maximum Gasteiger partial charge on any atom is 0.262 e. The molecule has 0 aliphatic heterocycles. The monoisotopic (exact) mass is 339 g/mol. The van der Waals surface area contributed by atoms with Gasteiger partial charge in [0.25, 0.3) is 5.91 Å². The Morgan fingerprint density at radius 2 is 1.60 bits per heavy atom. The maximum atomic E-state index is 12.4. The molecule has 0 radical (unpaired) electrons. The van der Waals surface area contributed by atoms with Crippen LogP contribution in [-0.2, 0) is 4.79 Å². The van der Waals surface area contributed by atoms with E-state index in [1.807, 2.05) is 18.2 Å². The molecule has 0 bridgehead atoms. The number of amides is 1. The molecule has 0 aromatic heterocycles. The van der Waals surface area contributed by atoms with Gasteiger partial charge in [-0.1, -0.05) is 58.0 Å². The topological polar surface area (TPSA) is 55.4 Å². The van der Waals surface area contributed by atoms with Crippen LogP contribution in [0, 0.1) is 0 Å². The van der Waals surface area contributed by atoms with Gasteiger partial charge in [-0.05, 0) is 35.1 Å². The molecule has 0 aliphatic carbocycles. The summed E-state index contributed by atoms with van der Waals surface area (Å²) < 4.78 is 5.52. The molecule has 25 heavy (non-hydrogen) atoms. The highest BCUT2D eigenvalue weighted by Crippen LogP contribution is 2.32. The van der Waals surface area contributed by atoms with Crippen molar-refractivity contribution in [2.24, 2.45) is 0 Å². The molecule has 0 unspecified atom stereocenters. The molecule has 0 atom stereocenters. The fourth-order valence-corrected chi connectivity index (χ4v) is 2.72. The van der Waals surface area contributed by atoms with Crippen LogP contribution in [0.3, 0.4) is 0 Å². The van der Waals surface area contributed by atoms with Crippen LogP contribution in [-0.4, -0.2) is 18.8 Å². The second-order valence-electron chi connectivity index (χ2n) is 6.61. The van der Waals surface area contributed by atoms with Gasteiger partial charge in [0.15, 0.2) is 12.9 Å². The number of nitrogens with one attached hydrogen (secondary N) is 1. The van der Waals surface area contributed by atoms with Crippen molar-refractivity contribution in [3.05, 3.63) is 59.2 Å². The number of aldehydes is 1. The molecule has 1 amide bonds. The summed E-state index contributed by atoms with van der Waals surface area (Å²) in [6.45, 7) is 8.27. The Hall–Kier alpha value is -2.62. The van der Waals surface area contributed by atoms with E-state index in [1.165, 1.54) is 0 Å². The number of benzene rings is 2. The highest BCUT2D eigenvalue weighted by molar-refractivity contribution is 5.94. The summed E-state index contributed by atoms with van der Waals surface area (Å²) in [5, 5.41) is 3.00. The third kappa shape index (κ3) is 4.69. The van der Waals surface area contributed by atoms with E-state index in [0.29, 0.717) is 23.1 Å². The standard InChI is InChI=1S/C21H25NO3/c1-14(2)17-9-7-10-18(15(3)4)21(17)22-20(24)13-25-19-11-6-5-8-16(19)12-23/h5-12,14-15H,13H2,1-4H3,(H,22,24). The summed E-state index contributed by atoms with van der Waals surface area (Å²) in [6, 6.07) is 13.0. The summed E-state index contributed by atoms with van der Waals surface area (Å²) >= 11 is 0. The van der Waals surface area contributed by atoms with Gasteiger partial charge < -0.3 is 10.1 Å². The zero-order valence-corrected chi connectivity index (χ0v) is 15.2. The number of ether oxygens (including phenoxy) is 1. The zero-order valence-electron chi connectivity index (χ0n) is 15.2. The van der Waals surface area contributed by atoms with Gasteiger partial charge in [-0.3, -0.25) is 9.59 Å². The van der Waals surface area contributed by atoms with Gasteiger partial charge in [0.1, 0.15) is 5.75 Å². The van der Waals surface area contributed by atoms with E-state index in [4.69, 9.17) is 4.74 Å². The van der Waals surface area contributed by atoms with Gasteiger partial charge >= 0.3 is 0 Å². The Kier molecular flexibility index (Phi) is 6.34. The lowest BCUT2D eigenvalue weighted by Crippen LogP contribution is -2.22. The average Bonchev–Trinajstić information content (AvgIpc) is 2.59. The predicted molar refractivity (Wildman–Crippen MR) is 101 cm³/mol. The van der Waals surface area contributed by atoms with Crippen LogP contribution in [0.25, 0.3) is 0 Å². The van der Waals surface area contributed by atoms with Gasteiger partial charge in [0.2, 0.25) is 0 Å². The SMILES string of the molecule is CC(C)c1cccc(C(C)C)c1NC(=O)COc1ccccc1C=O. The van der Waals surface area contributed by atoms with Crippen molar-refractivity contribution >= 4 is 17.9 Å². The van der Waals surface area contributed by atoms with Crippen molar-refractivity contribution in [2.45, 2.75) is 39.5 Å². The number of carbonyl (C=O) groups is 2. The van der Waals surface area contributed by atoms with E-state index < -0.39 is 0 Å². The normalized spacial score (nSPS) is 10.8. The fraction of sp³-hybridized carbons (Fsp3) is 0.333. The van der Waals surface area contributed by atoms with Crippen LogP contribution >= 0.6 is 0 Å². The molecule has 4 heteroatoms. The molecule has 0 saturated carbocycles. The van der Waals surface area contributed by atoms with E-state index in [2.05, 4.69) is 33.0 Å². The second-order valence-corrected chi connectivity index (χ2v) is 6.61. The Morgan fingerprint density at radius 1 is 1.00 bits per heavy atom. The molecule has 4 nitrogen and oxygen atoms in total. The molecule has 0 heterocycles. The first kappa shape index (κ1) is 18.7. The molecule has 1 N–H and O–H groups in total. The molecule has 2 aromatic rings. The smallest absolute Gasteiger partial charge is 0.262 e. The van der Waals surface area contributed by atoms with Gasteiger partial charge in [-0.2, -0.15) is 0 Å². The van der Waals surface area contributed by atoms with Crippen LogP contribution in [0.2, 0.25) is 0 Å². The van der Waals surface area contributed by atoms with Crippen LogP contribution in [0.15, 0.2) is 42.5 Å². The first-order valence-corrected chi connectivity index (χ1v) is 8.53. The van der Waals surface area contributed by atoms with Crippen molar-refractivity contribution in [3.8, 4) is 5.75 Å². The van der Waals surface area contributed by atoms with E-state index in [1.54, 1.807) is 24.3 Å². The largest absolute Gasteiger partial charge is 0.483 e. The van der Waals surface area contributed by atoms with Gasteiger partial charge in [0.05, 0.1) is 5.56 Å². The highest BCUT2D eigenvalue weighted by atomic mass is 16.5. The number of rotatable bonds is 7. The summed E-state index contributed by atoms with van der Waals surface area (Å²) in [7, 11) is 0. The summed E-state index contributed by atoms with van der Waals surface area (Å²) in [4.78, 5) is 23.4. The third-order valence-corrected chi connectivity index (χ3v) is 4.04. The quantitative estimate of drug-likeness (QED) is 0.740. The van der Waals surface area contributed by atoms with Crippen molar-refractivity contribution in [1.82, 2.24) is 0 Å². The highest BCUT2D eigenvalue weighted by Gasteiger charge is 2.16. The molecule has 2 aromatic carbocycles. The Balaban J connectivity index is 2.16. The number of carbonyl (C=O) groups excluding carboxylic acids is 2. The van der Waals surface area contributed by atoms with Gasteiger partial charge in [0, 0.05) is 5.69 Å². The predicted octanol–water partition coefficient (Wildman–Crippen LogP) is 4.76. The molecule has 0 saturated heterocycles. The number of hydrogen-bond acceptors (Lipinski definition) is 3. The lowest BCUT2D eigenvalue weighted by Gasteiger charge is -2.20. The average molecular weight is 339 g/mol. The minimum absolute atomic E-state index is 0.144. The zero-order chi connectivity index (χ0) is 18.4. The molecule has 0 spiro atoms. The first-order chi connectivity index (χ1) is 11.9. The van der Waals surface area contributed by atoms with Crippen LogP contribution in [0.4, 0.5) is 5.69 Å². The Bertz CT molecular complexity index is 724. The molecule has 0 fully saturated rings. The van der Waals surface area contributed by atoms with Gasteiger partial charge in [-0.15, -0.1) is 0 Å². The molecular formula is C21H25NO3. The minimum Gasteiger partial charge on any atom is -0.483 e. The van der Waals surface area contributed by atoms with Crippen molar-refractivity contribution in [1.29, 1.82) is 0 Å². The van der Waals surface area contributed by atoms with Crippen LogP contribution in [0.1, 0.15) is 61.0 Å². The summed E-state index contributed by atoms with van der Waals surface area (Å²) in [5.74, 6) is 0.765. The number of anilines is 1. The van der Waals surface area contributed by atoms with E-state index in [-0.39, 0.29) is 12.5 Å². The Morgan fingerprint density at radius 3 is 2.16 bits per heavy atom. The second kappa shape index (κ2) is 8.47. The van der Waals surface area contributed by atoms with Crippen LogP contribution in [0.5, 0.6) is 5.75 Å². The summed E-state index contributed by atoms with van der Waals surface area (Å²) in [5.41, 5.74) is 3.51. The molecule has 2 rings (SSSR count). The Labute approximate surface area is 149 Å². The third-order valence-electron chi connectivity index (χ3n) is 4.04. The van der Waals surface area contributed by atoms with Gasteiger partial charge in [-0.25, -0.2) is 0 Å². The number of hydrogen-bond donors (Lipinski definition) is 1. The van der Waals surface area contributed by atoms with E-state index in [9.17, 15) is 9.59 Å². The molecule has 0 aliphatic rings. The first-order valence-electron chi connectivity index (χ1n) is 8.53.